The summed E-state index contributed by atoms with van der Waals surface area (Å²) in [5.41, 5.74) is -5.02. The van der Waals surface area contributed by atoms with Crippen LogP contribution in [-0.2, 0) is 11.1 Å². The minimum Gasteiger partial charge on any atom is -0.170 e. The molecule has 52 valence electrons. The molecule has 0 rings (SSSR count). The van der Waals surface area contributed by atoms with Gasteiger partial charge in [-0.25, -0.2) is 0 Å². The molecular weight excluding hydrogens is 160 g/mol. The molecule has 0 aromatic heterocycles. The van der Waals surface area contributed by atoms with E-state index in [0.29, 0.717) is 6.19 Å². The van der Waals surface area contributed by atoms with Gasteiger partial charge in [-0.1, -0.05) is 0 Å². The summed E-state index contributed by atoms with van der Waals surface area (Å²) >= 11 is -3.62. The molecule has 0 spiro atoms. The topological polar surface area (TPSA) is 36.1 Å². The Labute approximate surface area is 50.5 Å². The molecule has 1 unspecified atom stereocenters. The minimum atomic E-state index is -5.02. The van der Waals surface area contributed by atoms with Crippen molar-refractivity contribution in [3.05, 3.63) is 0 Å². The molecule has 0 aliphatic carbocycles. The average Bonchev–Trinajstić information content (AvgIpc) is 1.64. The van der Waals surface area contributed by atoms with Crippen LogP contribution in [0.15, 0.2) is 4.36 Å². The molecule has 0 N–H and O–H groups in total. The van der Waals surface area contributed by atoms with E-state index in [4.69, 9.17) is 5.26 Å². The Morgan fingerprint density at radius 1 is 1.44 bits per heavy atom. The van der Waals surface area contributed by atoms with Crippen LogP contribution in [0, 0.1) is 11.5 Å². The zero-order chi connectivity index (χ0) is 7.49. The van der Waals surface area contributed by atoms with Gasteiger partial charge in [-0.15, -0.1) is 8.25 Å². The third kappa shape index (κ3) is 3.03. The lowest BCUT2D eigenvalue weighted by molar-refractivity contribution is -0.0388. The molecule has 9 heavy (non-hydrogen) atoms. The third-order valence-electron chi connectivity index (χ3n) is 0.312. The average molecular weight is 160 g/mol. The Balaban J connectivity index is 4.25. The van der Waals surface area contributed by atoms with Gasteiger partial charge in [0.05, 0.1) is 0 Å². The van der Waals surface area contributed by atoms with Gasteiger partial charge < -0.3 is 0 Å². The first-order valence-corrected chi connectivity index (χ1v) is 2.64. The maximum atomic E-state index is 11.4. The number of nitriles is 1. The molecule has 0 aromatic carbocycles. The molecule has 0 amide bonds. The van der Waals surface area contributed by atoms with E-state index < -0.39 is 16.6 Å². The van der Waals surface area contributed by atoms with E-state index in [0.717, 1.165) is 0 Å². The van der Waals surface area contributed by atoms with Crippen molar-refractivity contribution in [3.63, 3.8) is 0 Å². The van der Waals surface area contributed by atoms with E-state index in [1.807, 2.05) is 4.36 Å². The summed E-state index contributed by atoms with van der Waals surface area (Å²) in [5.74, 6) is 0. The van der Waals surface area contributed by atoms with Crippen LogP contribution in [0.2, 0.25) is 0 Å². The first-order chi connectivity index (χ1) is 3.98. The van der Waals surface area contributed by atoms with Crippen LogP contribution >= 0.6 is 0 Å². The Morgan fingerprint density at radius 3 is 2.00 bits per heavy atom. The highest BCUT2D eigenvalue weighted by molar-refractivity contribution is 7.83. The molecule has 0 saturated carbocycles. The van der Waals surface area contributed by atoms with Crippen molar-refractivity contribution >= 4 is 11.1 Å². The molecule has 1 atom stereocenters. The molecule has 7 heteroatoms. The Hall–Kier alpha value is -0.640. The number of nitrogens with zero attached hydrogens (tertiary/aromatic N) is 2. The van der Waals surface area contributed by atoms with E-state index in [1.54, 1.807) is 0 Å². The van der Waals surface area contributed by atoms with Crippen molar-refractivity contribution in [2.24, 2.45) is 4.36 Å². The van der Waals surface area contributed by atoms with Gasteiger partial charge in [-0.3, -0.25) is 0 Å². The Kier molecular flexibility index (Phi) is 2.58. The van der Waals surface area contributed by atoms with Crippen LogP contribution in [0.5, 0.6) is 0 Å². The van der Waals surface area contributed by atoms with Gasteiger partial charge in [0, 0.05) is 0 Å². The maximum Gasteiger partial charge on any atom is 0.483 e. The molecule has 0 aliphatic rings. The molecule has 0 saturated heterocycles. The van der Waals surface area contributed by atoms with Crippen LogP contribution in [-0.4, -0.2) is 5.51 Å². The van der Waals surface area contributed by atoms with Gasteiger partial charge in [-0.2, -0.15) is 18.4 Å². The van der Waals surface area contributed by atoms with E-state index in [2.05, 4.69) is 0 Å². The first-order valence-electron chi connectivity index (χ1n) is 1.56. The first kappa shape index (κ1) is 8.36. The fraction of sp³-hybridized carbons (Fsp3) is 0.500. The summed E-state index contributed by atoms with van der Waals surface area (Å²) in [4.78, 5) is 0. The number of halogens is 4. The van der Waals surface area contributed by atoms with Crippen molar-refractivity contribution in [1.82, 2.24) is 0 Å². The van der Waals surface area contributed by atoms with Gasteiger partial charge in [0.15, 0.2) is 11.1 Å². The largest absolute Gasteiger partial charge is 0.483 e. The van der Waals surface area contributed by atoms with Crippen molar-refractivity contribution < 1.29 is 17.1 Å². The lowest BCUT2D eigenvalue weighted by Crippen LogP contribution is -2.10. The molecule has 0 aliphatic heterocycles. The van der Waals surface area contributed by atoms with E-state index in [-0.39, 0.29) is 0 Å². The summed E-state index contributed by atoms with van der Waals surface area (Å²) in [6, 6.07) is 0. The number of rotatable bonds is 0. The highest BCUT2D eigenvalue weighted by Gasteiger charge is 2.35. The summed E-state index contributed by atoms with van der Waals surface area (Å²) < 4.78 is 46.4. The van der Waals surface area contributed by atoms with Gasteiger partial charge in [0.2, 0.25) is 6.19 Å². The molecule has 0 heterocycles. The number of alkyl halides is 3. The molecule has 2 nitrogen and oxygen atoms in total. The SMILES string of the molecule is N#CN=S(F)C(F)(F)F. The van der Waals surface area contributed by atoms with Gasteiger partial charge in [-0.05, 0) is 0 Å². The Bertz CT molecular complexity index is 164. The van der Waals surface area contributed by atoms with Gasteiger partial charge >= 0.3 is 5.51 Å². The Morgan fingerprint density at radius 2 is 1.89 bits per heavy atom. The summed E-state index contributed by atoms with van der Waals surface area (Å²) in [6.07, 6.45) is 0.716. The predicted octanol–water partition coefficient (Wildman–Crippen LogP) is 1.67. The molecule has 0 radical (unpaired) electrons. The van der Waals surface area contributed by atoms with Gasteiger partial charge in [0.1, 0.15) is 0 Å². The van der Waals surface area contributed by atoms with Crippen molar-refractivity contribution in [2.45, 2.75) is 5.51 Å². The summed E-state index contributed by atoms with van der Waals surface area (Å²) in [6.45, 7) is 0. The second-order valence-electron chi connectivity index (χ2n) is 0.874. The van der Waals surface area contributed by atoms with Crippen LogP contribution in [0.3, 0.4) is 0 Å². The molecular formula is C2F4N2S. The normalized spacial score (nSPS) is 15.0. The van der Waals surface area contributed by atoms with E-state index in [1.165, 1.54) is 0 Å². The van der Waals surface area contributed by atoms with Crippen LogP contribution in [0.25, 0.3) is 0 Å². The fourth-order valence-electron chi connectivity index (χ4n) is 0.0876. The summed E-state index contributed by atoms with van der Waals surface area (Å²) in [5, 5.41) is 7.45. The molecule has 0 aromatic rings. The number of hydrogen-bond donors (Lipinski definition) is 0. The predicted molar refractivity (Wildman–Crippen MR) is 22.6 cm³/mol. The third-order valence-corrected chi connectivity index (χ3v) is 0.936. The van der Waals surface area contributed by atoms with Crippen LogP contribution < -0.4 is 0 Å². The van der Waals surface area contributed by atoms with Crippen molar-refractivity contribution in [1.29, 1.82) is 5.26 Å². The highest BCUT2D eigenvalue weighted by Crippen LogP contribution is 2.22. The lowest BCUT2D eigenvalue weighted by atomic mass is 11.5. The fourth-order valence-corrected chi connectivity index (χ4v) is 0.263. The molecule has 0 fully saturated rings. The molecule has 0 bridgehead atoms. The van der Waals surface area contributed by atoms with Gasteiger partial charge in [0.25, 0.3) is 0 Å². The second-order valence-corrected chi connectivity index (χ2v) is 1.99. The minimum absolute atomic E-state index is 0.716. The summed E-state index contributed by atoms with van der Waals surface area (Å²) in [7, 11) is 0. The van der Waals surface area contributed by atoms with E-state index in [9.17, 15) is 17.1 Å². The smallest absolute Gasteiger partial charge is 0.170 e. The lowest BCUT2D eigenvalue weighted by Gasteiger charge is -1.97. The van der Waals surface area contributed by atoms with Crippen LogP contribution in [0.4, 0.5) is 17.1 Å². The van der Waals surface area contributed by atoms with Crippen molar-refractivity contribution in [2.75, 3.05) is 0 Å². The monoisotopic (exact) mass is 160 g/mol. The van der Waals surface area contributed by atoms with Crippen molar-refractivity contribution in [3.8, 4) is 6.19 Å². The quantitative estimate of drug-likeness (QED) is 0.392. The zero-order valence-electron chi connectivity index (χ0n) is 3.81. The van der Waals surface area contributed by atoms with E-state index >= 15 is 0 Å². The van der Waals surface area contributed by atoms with Crippen LogP contribution in [0.1, 0.15) is 0 Å². The standard InChI is InChI=1S/C2F4N2S/c3-2(4,5)9(6)8-1-7. The maximum absolute atomic E-state index is 11.4. The number of hydrogen-bond acceptors (Lipinski definition) is 2. The zero-order valence-corrected chi connectivity index (χ0v) is 4.63. The highest BCUT2D eigenvalue weighted by atomic mass is 32.2. The second kappa shape index (κ2) is 2.77.